The molecule has 1 nitrogen and oxygen atoms in total. The normalized spacial score (nSPS) is 14.6. The van der Waals surface area contributed by atoms with Crippen molar-refractivity contribution in [1.82, 2.24) is 0 Å². The second-order valence-electron chi connectivity index (χ2n) is 8.04. The van der Waals surface area contributed by atoms with Gasteiger partial charge in [-0.25, -0.2) is 0 Å². The minimum atomic E-state index is -1.81. The van der Waals surface area contributed by atoms with Crippen molar-refractivity contribution in [3.05, 3.63) is 78.9 Å². The van der Waals surface area contributed by atoms with Crippen molar-refractivity contribution in [3.8, 4) is 0 Å². The van der Waals surface area contributed by atoms with Crippen LogP contribution in [-0.4, -0.2) is 16.4 Å². The van der Waals surface area contributed by atoms with E-state index < -0.39 is 16.4 Å². The van der Waals surface area contributed by atoms with E-state index in [1.165, 1.54) is 28.9 Å². The molecule has 0 spiro atoms. The first-order chi connectivity index (χ1) is 12.9. The predicted molar refractivity (Wildman–Crippen MR) is 125 cm³/mol. The van der Waals surface area contributed by atoms with Crippen LogP contribution >= 0.6 is 0 Å². The maximum Gasteiger partial charge on any atom is 0.192 e. The van der Waals surface area contributed by atoms with Gasteiger partial charge in [0.2, 0.25) is 0 Å². The largest absolute Gasteiger partial charge is 0.410 e. The first-order valence-corrected chi connectivity index (χ1v) is 16.0. The van der Waals surface area contributed by atoms with E-state index in [0.717, 1.165) is 0 Å². The van der Waals surface area contributed by atoms with Gasteiger partial charge in [-0.3, -0.25) is 0 Å². The molecule has 0 aliphatic carbocycles. The molecule has 0 fully saturated rings. The summed E-state index contributed by atoms with van der Waals surface area (Å²) in [4.78, 5) is 0. The lowest BCUT2D eigenvalue weighted by atomic mass is 10.1. The van der Waals surface area contributed by atoms with Crippen LogP contribution < -0.4 is 5.19 Å². The maximum atomic E-state index is 7.14. The number of benzene rings is 2. The molecular formula is C24H36OSi2. The SMILES string of the molecule is C=C[C@H]([C@@H](O[Si](CC)(CC)CC)c1ccccc1)[Si](C)(C)c1ccccc1. The van der Waals surface area contributed by atoms with Crippen molar-refractivity contribution in [1.29, 1.82) is 0 Å². The van der Waals surface area contributed by atoms with E-state index in [1.807, 2.05) is 0 Å². The molecule has 146 valence electrons. The highest BCUT2D eigenvalue weighted by molar-refractivity contribution is 6.91. The van der Waals surface area contributed by atoms with Gasteiger partial charge in [0.05, 0.1) is 14.2 Å². The van der Waals surface area contributed by atoms with E-state index in [9.17, 15) is 0 Å². The Kier molecular flexibility index (Phi) is 7.83. The monoisotopic (exact) mass is 396 g/mol. The molecule has 2 rings (SSSR count). The molecule has 27 heavy (non-hydrogen) atoms. The van der Waals surface area contributed by atoms with Gasteiger partial charge in [-0.1, -0.05) is 106 Å². The molecule has 0 saturated heterocycles. The summed E-state index contributed by atoms with van der Waals surface area (Å²) >= 11 is 0. The molecule has 0 saturated carbocycles. The second-order valence-corrected chi connectivity index (χ2v) is 17.5. The first kappa shape index (κ1) is 21.9. The Morgan fingerprint density at radius 2 is 1.33 bits per heavy atom. The summed E-state index contributed by atoms with van der Waals surface area (Å²) in [5, 5.41) is 1.47. The molecule has 2 atom stereocenters. The van der Waals surface area contributed by atoms with Crippen LogP contribution in [0.5, 0.6) is 0 Å². The topological polar surface area (TPSA) is 9.23 Å². The molecule has 0 aliphatic rings. The summed E-state index contributed by atoms with van der Waals surface area (Å²) in [6.07, 6.45) is 2.27. The minimum absolute atomic E-state index is 0.0945. The van der Waals surface area contributed by atoms with Gasteiger partial charge >= 0.3 is 0 Å². The maximum absolute atomic E-state index is 7.14. The van der Waals surface area contributed by atoms with E-state index >= 15 is 0 Å². The van der Waals surface area contributed by atoms with E-state index in [-0.39, 0.29) is 6.10 Å². The fraction of sp³-hybridized carbons (Fsp3) is 0.417. The standard InChI is InChI=1S/C24H36OSi2/c1-7-23(26(5,6)22-19-15-12-16-20-22)24(21-17-13-11-14-18-21)25-27(8-2,9-3)10-4/h7,11-20,23-24H,1,8-10H2,2-6H3/t23-,24+/m1/s1. The van der Waals surface area contributed by atoms with Gasteiger partial charge in [-0.15, -0.1) is 6.58 Å². The van der Waals surface area contributed by atoms with Crippen molar-refractivity contribution in [3.63, 3.8) is 0 Å². The molecule has 0 aliphatic heterocycles. The molecule has 0 N–H and O–H groups in total. The van der Waals surface area contributed by atoms with Crippen LogP contribution in [0.25, 0.3) is 0 Å². The lowest BCUT2D eigenvalue weighted by Crippen LogP contribution is -2.49. The van der Waals surface area contributed by atoms with Crippen LogP contribution in [0, 0.1) is 0 Å². The summed E-state index contributed by atoms with van der Waals surface area (Å²) in [5.41, 5.74) is 1.63. The summed E-state index contributed by atoms with van der Waals surface area (Å²) in [5.74, 6) is 0. The third kappa shape index (κ3) is 4.90. The molecule has 0 aromatic heterocycles. The average Bonchev–Trinajstić information content (AvgIpc) is 2.72. The van der Waals surface area contributed by atoms with Crippen molar-refractivity contribution in [2.45, 2.75) is 63.6 Å². The summed E-state index contributed by atoms with van der Waals surface area (Å²) in [6, 6.07) is 25.3. The van der Waals surface area contributed by atoms with Crippen molar-refractivity contribution in [2.75, 3.05) is 0 Å². The molecule has 2 aromatic rings. The van der Waals surface area contributed by atoms with Gasteiger partial charge in [0.15, 0.2) is 8.32 Å². The highest BCUT2D eigenvalue weighted by Gasteiger charge is 2.42. The van der Waals surface area contributed by atoms with E-state index in [2.05, 4.69) is 107 Å². The number of hydrogen-bond acceptors (Lipinski definition) is 1. The smallest absolute Gasteiger partial charge is 0.192 e. The summed E-state index contributed by atoms with van der Waals surface area (Å²) in [6.45, 7) is 16.1. The van der Waals surface area contributed by atoms with Crippen LogP contribution in [0.2, 0.25) is 36.8 Å². The van der Waals surface area contributed by atoms with E-state index in [0.29, 0.717) is 5.54 Å². The molecular weight excluding hydrogens is 360 g/mol. The predicted octanol–water partition coefficient (Wildman–Crippen LogP) is 6.92. The fourth-order valence-electron chi connectivity index (χ4n) is 4.12. The van der Waals surface area contributed by atoms with Gasteiger partial charge in [-0.2, -0.15) is 0 Å². The van der Waals surface area contributed by atoms with Crippen molar-refractivity contribution in [2.24, 2.45) is 0 Å². The van der Waals surface area contributed by atoms with Crippen molar-refractivity contribution < 1.29 is 4.43 Å². The van der Waals surface area contributed by atoms with Gasteiger partial charge in [0, 0.05) is 5.54 Å². The van der Waals surface area contributed by atoms with Gasteiger partial charge in [-0.05, 0) is 23.7 Å². The summed E-state index contributed by atoms with van der Waals surface area (Å²) in [7, 11) is -3.56. The fourth-order valence-corrected chi connectivity index (χ4v) is 10.1. The molecule has 0 bridgehead atoms. The lowest BCUT2D eigenvalue weighted by Gasteiger charge is -2.42. The Hall–Kier alpha value is -1.43. The Bertz CT molecular complexity index is 685. The Labute approximate surface area is 168 Å². The zero-order valence-corrected chi connectivity index (χ0v) is 19.7. The van der Waals surface area contributed by atoms with Crippen LogP contribution in [0.15, 0.2) is 73.3 Å². The second kappa shape index (κ2) is 9.67. The Morgan fingerprint density at radius 1 is 0.852 bits per heavy atom. The van der Waals surface area contributed by atoms with Crippen molar-refractivity contribution >= 4 is 21.6 Å². The van der Waals surface area contributed by atoms with Crippen LogP contribution in [-0.2, 0) is 4.43 Å². The Balaban J connectivity index is 2.52. The number of hydrogen-bond donors (Lipinski definition) is 0. The first-order valence-electron chi connectivity index (χ1n) is 10.3. The molecule has 3 heteroatoms. The highest BCUT2D eigenvalue weighted by Crippen LogP contribution is 2.42. The third-order valence-corrected chi connectivity index (χ3v) is 15.0. The van der Waals surface area contributed by atoms with Crippen LogP contribution in [0.3, 0.4) is 0 Å². The lowest BCUT2D eigenvalue weighted by molar-refractivity contribution is 0.191. The molecule has 2 aromatic carbocycles. The average molecular weight is 397 g/mol. The minimum Gasteiger partial charge on any atom is -0.410 e. The van der Waals surface area contributed by atoms with Gasteiger partial charge < -0.3 is 4.43 Å². The number of rotatable bonds is 10. The Morgan fingerprint density at radius 3 is 1.78 bits per heavy atom. The quantitative estimate of drug-likeness (QED) is 0.313. The van der Waals surface area contributed by atoms with Crippen LogP contribution in [0.4, 0.5) is 0 Å². The summed E-state index contributed by atoms with van der Waals surface area (Å²) < 4.78 is 7.14. The van der Waals surface area contributed by atoms with Gasteiger partial charge in [0.1, 0.15) is 0 Å². The van der Waals surface area contributed by atoms with Gasteiger partial charge in [0.25, 0.3) is 0 Å². The molecule has 0 amide bonds. The van der Waals surface area contributed by atoms with E-state index in [1.54, 1.807) is 0 Å². The molecule has 0 radical (unpaired) electrons. The zero-order valence-electron chi connectivity index (χ0n) is 17.7. The zero-order chi connectivity index (χ0) is 19.9. The molecule has 0 unspecified atom stereocenters. The highest BCUT2D eigenvalue weighted by atomic mass is 28.4. The third-order valence-electron chi connectivity index (χ3n) is 6.37. The van der Waals surface area contributed by atoms with Crippen LogP contribution in [0.1, 0.15) is 32.4 Å². The van der Waals surface area contributed by atoms with E-state index in [4.69, 9.17) is 4.43 Å². The molecule has 0 heterocycles.